The summed E-state index contributed by atoms with van der Waals surface area (Å²) < 4.78 is 20.3. The number of fused-ring (bicyclic) bond motifs is 1. The minimum atomic E-state index is -0.292. The van der Waals surface area contributed by atoms with Gasteiger partial charge in [-0.25, -0.2) is 19.3 Å². The first-order valence-electron chi connectivity index (χ1n) is 10.5. The number of carbonyl (C=O) groups excluding carboxylic acids is 1. The van der Waals surface area contributed by atoms with Crippen molar-refractivity contribution in [3.8, 4) is 28.3 Å². The molecule has 3 heterocycles. The van der Waals surface area contributed by atoms with Gasteiger partial charge in [0.25, 0.3) is 5.91 Å². The second-order valence-electron chi connectivity index (χ2n) is 7.61. The van der Waals surface area contributed by atoms with Gasteiger partial charge in [0.15, 0.2) is 4.96 Å². The molecule has 0 saturated carbocycles. The third kappa shape index (κ3) is 4.25. The maximum atomic E-state index is 13.2. The van der Waals surface area contributed by atoms with Crippen LogP contribution >= 0.6 is 11.3 Å². The van der Waals surface area contributed by atoms with Gasteiger partial charge < -0.3 is 10.1 Å². The van der Waals surface area contributed by atoms with Gasteiger partial charge in [0.1, 0.15) is 22.8 Å². The quantitative estimate of drug-likeness (QED) is 0.379. The van der Waals surface area contributed by atoms with Crippen molar-refractivity contribution < 1.29 is 13.9 Å². The fourth-order valence-corrected chi connectivity index (χ4v) is 4.61. The van der Waals surface area contributed by atoms with E-state index in [0.29, 0.717) is 15.5 Å². The molecule has 5 rings (SSSR count). The van der Waals surface area contributed by atoms with Crippen LogP contribution in [0.15, 0.2) is 67.1 Å². The minimum Gasteiger partial charge on any atom is -0.497 e. The lowest BCUT2D eigenvalue weighted by Crippen LogP contribution is -2.23. The molecule has 3 aromatic heterocycles. The molecule has 0 aliphatic heterocycles. The number of rotatable bonds is 6. The van der Waals surface area contributed by atoms with E-state index in [1.807, 2.05) is 47.9 Å². The van der Waals surface area contributed by atoms with Crippen molar-refractivity contribution in [3.05, 3.63) is 89.2 Å². The number of ether oxygens (including phenoxy) is 1. The Morgan fingerprint density at radius 2 is 1.76 bits per heavy atom. The minimum absolute atomic E-state index is 0.194. The van der Waals surface area contributed by atoms with Crippen LogP contribution in [-0.2, 0) is 6.54 Å². The first-order chi connectivity index (χ1) is 16.5. The number of amides is 1. The van der Waals surface area contributed by atoms with Crippen LogP contribution in [0.3, 0.4) is 0 Å². The Hall–Kier alpha value is -4.11. The van der Waals surface area contributed by atoms with E-state index < -0.39 is 0 Å². The summed E-state index contributed by atoms with van der Waals surface area (Å²) >= 11 is 1.31. The molecular formula is C25H20FN5O2S. The summed E-state index contributed by atoms with van der Waals surface area (Å²) in [6.07, 6.45) is 3.35. The van der Waals surface area contributed by atoms with E-state index in [-0.39, 0.29) is 18.3 Å². The molecule has 0 unspecified atom stereocenters. The number of imidazole rings is 1. The third-order valence-corrected chi connectivity index (χ3v) is 6.60. The molecule has 7 nitrogen and oxygen atoms in total. The Balaban J connectivity index is 1.30. The number of hydrogen-bond donors (Lipinski definition) is 1. The highest BCUT2D eigenvalue weighted by molar-refractivity contribution is 7.19. The lowest BCUT2D eigenvalue weighted by Gasteiger charge is -2.07. The average molecular weight is 474 g/mol. The van der Waals surface area contributed by atoms with Gasteiger partial charge >= 0.3 is 0 Å². The molecule has 9 heteroatoms. The van der Waals surface area contributed by atoms with Crippen molar-refractivity contribution in [3.63, 3.8) is 0 Å². The molecule has 0 spiro atoms. The molecule has 170 valence electrons. The number of carbonyl (C=O) groups is 1. The van der Waals surface area contributed by atoms with Crippen LogP contribution in [0.5, 0.6) is 5.75 Å². The second-order valence-corrected chi connectivity index (χ2v) is 8.59. The summed E-state index contributed by atoms with van der Waals surface area (Å²) in [6.45, 7) is 2.14. The van der Waals surface area contributed by atoms with Crippen LogP contribution in [0.4, 0.5) is 4.39 Å². The number of halogens is 1. The highest BCUT2D eigenvalue weighted by Crippen LogP contribution is 2.27. The molecule has 1 amide bonds. The fraction of sp³-hybridized carbons (Fsp3) is 0.120. The summed E-state index contributed by atoms with van der Waals surface area (Å²) in [6, 6.07) is 15.6. The highest BCUT2D eigenvalue weighted by atomic mass is 32.1. The summed E-state index contributed by atoms with van der Waals surface area (Å²) in [5, 5.41) is 2.93. The Morgan fingerprint density at radius 1 is 1.06 bits per heavy atom. The number of nitrogens with zero attached hydrogens (tertiary/aromatic N) is 4. The summed E-state index contributed by atoms with van der Waals surface area (Å²) in [7, 11) is 1.62. The number of hydrogen-bond acceptors (Lipinski definition) is 6. The van der Waals surface area contributed by atoms with E-state index in [1.165, 1.54) is 29.8 Å². The predicted molar refractivity (Wildman–Crippen MR) is 128 cm³/mol. The highest BCUT2D eigenvalue weighted by Gasteiger charge is 2.18. The normalized spacial score (nSPS) is 11.0. The standard InChI is InChI=1S/C25H20FN5O2S/c1-15-23(34-25-30-22(13-31(15)25)17-3-7-18(26)8-4-17)24(32)27-12-19-11-21(29-14-28-19)16-5-9-20(33-2)10-6-16/h3-11,13-14H,12H2,1-2H3,(H,27,32). The molecule has 2 aromatic carbocycles. The van der Waals surface area contributed by atoms with Gasteiger partial charge in [0.05, 0.1) is 30.7 Å². The van der Waals surface area contributed by atoms with E-state index in [4.69, 9.17) is 4.74 Å². The second kappa shape index (κ2) is 9.03. The number of thiazole rings is 1. The zero-order valence-electron chi connectivity index (χ0n) is 18.4. The van der Waals surface area contributed by atoms with Crippen molar-refractivity contribution >= 4 is 22.2 Å². The number of aromatic nitrogens is 4. The maximum absolute atomic E-state index is 13.2. The van der Waals surface area contributed by atoms with E-state index in [0.717, 1.165) is 34.0 Å². The lowest BCUT2D eigenvalue weighted by molar-refractivity contribution is 0.0953. The van der Waals surface area contributed by atoms with Crippen LogP contribution < -0.4 is 10.1 Å². The zero-order valence-corrected chi connectivity index (χ0v) is 19.3. The van der Waals surface area contributed by atoms with Crippen LogP contribution in [0.25, 0.3) is 27.5 Å². The van der Waals surface area contributed by atoms with Gasteiger partial charge in [-0.1, -0.05) is 11.3 Å². The van der Waals surface area contributed by atoms with Crippen molar-refractivity contribution in [1.29, 1.82) is 0 Å². The number of aryl methyl sites for hydroxylation is 1. The Bertz CT molecular complexity index is 1480. The zero-order chi connectivity index (χ0) is 23.7. The van der Waals surface area contributed by atoms with Gasteiger partial charge in [-0.2, -0.15) is 0 Å². The molecular weight excluding hydrogens is 453 g/mol. The van der Waals surface area contributed by atoms with Gasteiger partial charge in [-0.15, -0.1) is 0 Å². The maximum Gasteiger partial charge on any atom is 0.263 e. The summed E-state index contributed by atoms with van der Waals surface area (Å²) in [4.78, 5) is 27.4. The summed E-state index contributed by atoms with van der Waals surface area (Å²) in [5.74, 6) is 0.286. The fourth-order valence-electron chi connectivity index (χ4n) is 3.59. The Kier molecular flexibility index (Phi) is 5.77. The van der Waals surface area contributed by atoms with Gasteiger partial charge in [-0.05, 0) is 61.5 Å². The van der Waals surface area contributed by atoms with E-state index in [9.17, 15) is 9.18 Å². The average Bonchev–Trinajstić information content (AvgIpc) is 3.42. The van der Waals surface area contributed by atoms with Crippen LogP contribution in [0.2, 0.25) is 0 Å². The van der Waals surface area contributed by atoms with Gasteiger partial charge in [0, 0.05) is 23.0 Å². The molecule has 0 fully saturated rings. The van der Waals surface area contributed by atoms with Crippen LogP contribution in [-0.4, -0.2) is 32.4 Å². The number of benzene rings is 2. The predicted octanol–water partition coefficient (Wildman–Crippen LogP) is 4.91. The first kappa shape index (κ1) is 21.7. The van der Waals surface area contributed by atoms with E-state index >= 15 is 0 Å². The van der Waals surface area contributed by atoms with Crippen molar-refractivity contribution in [1.82, 2.24) is 24.7 Å². The SMILES string of the molecule is COc1ccc(-c2cc(CNC(=O)c3sc4nc(-c5ccc(F)cc5)cn4c3C)ncn2)cc1. The van der Waals surface area contributed by atoms with Crippen molar-refractivity contribution in [2.24, 2.45) is 0 Å². The van der Waals surface area contributed by atoms with Crippen LogP contribution in [0, 0.1) is 12.7 Å². The number of nitrogens with one attached hydrogen (secondary N) is 1. The topological polar surface area (TPSA) is 81.4 Å². The molecule has 0 atom stereocenters. The van der Waals surface area contributed by atoms with Crippen LogP contribution in [0.1, 0.15) is 21.1 Å². The van der Waals surface area contributed by atoms with Gasteiger partial charge in [-0.3, -0.25) is 9.20 Å². The largest absolute Gasteiger partial charge is 0.497 e. The van der Waals surface area contributed by atoms with Crippen molar-refractivity contribution in [2.45, 2.75) is 13.5 Å². The molecule has 34 heavy (non-hydrogen) atoms. The molecule has 5 aromatic rings. The molecule has 0 aliphatic carbocycles. The lowest BCUT2D eigenvalue weighted by atomic mass is 10.1. The monoisotopic (exact) mass is 473 g/mol. The Morgan fingerprint density at radius 3 is 2.47 bits per heavy atom. The van der Waals surface area contributed by atoms with Gasteiger partial charge in [0.2, 0.25) is 0 Å². The smallest absolute Gasteiger partial charge is 0.263 e. The van der Waals surface area contributed by atoms with E-state index in [1.54, 1.807) is 19.2 Å². The summed E-state index contributed by atoms with van der Waals surface area (Å²) in [5.41, 5.74) is 4.74. The number of methoxy groups -OCH3 is 1. The molecule has 0 bridgehead atoms. The molecule has 0 radical (unpaired) electrons. The molecule has 0 saturated heterocycles. The molecule has 1 N–H and O–H groups in total. The van der Waals surface area contributed by atoms with E-state index in [2.05, 4.69) is 20.3 Å². The Labute approximate surface area is 198 Å². The molecule has 0 aliphatic rings. The third-order valence-electron chi connectivity index (χ3n) is 5.44. The first-order valence-corrected chi connectivity index (χ1v) is 11.3. The van der Waals surface area contributed by atoms with Crippen molar-refractivity contribution in [2.75, 3.05) is 7.11 Å².